The minimum Gasteiger partial charge on any atom is -0.487 e. The number of rotatable bonds is 29. The topological polar surface area (TPSA) is 156 Å². The molecule has 0 fully saturated rings. The lowest BCUT2D eigenvalue weighted by Crippen LogP contribution is -2.16. The van der Waals surface area contributed by atoms with Crippen molar-refractivity contribution in [1.82, 2.24) is 0 Å². The summed E-state index contributed by atoms with van der Waals surface area (Å²) in [6.07, 6.45) is 0. The lowest BCUT2D eigenvalue weighted by molar-refractivity contribution is -0.000304. The first-order valence-electron chi connectivity index (χ1n) is 14.9. The molecule has 14 nitrogen and oxygen atoms in total. The number of carboxylic acid groups (broad SMARTS) is 1. The van der Waals surface area contributed by atoms with Gasteiger partial charge >= 0.3 is 11.9 Å². The highest BCUT2D eigenvalue weighted by molar-refractivity contribution is 5.93. The summed E-state index contributed by atoms with van der Waals surface area (Å²) in [6.45, 7) is 5.57. The molecule has 2 aromatic carbocycles. The van der Waals surface area contributed by atoms with Gasteiger partial charge in [-0.1, -0.05) is 18.2 Å². The predicted molar refractivity (Wildman–Crippen MR) is 164 cm³/mol. The Bertz CT molecular complexity index is 1030. The molecule has 258 valence electrons. The molecule has 46 heavy (non-hydrogen) atoms. The first-order valence-corrected chi connectivity index (χ1v) is 14.9. The lowest BCUT2D eigenvalue weighted by atomic mass is 10.1. The minimum absolute atomic E-state index is 0.00859. The van der Waals surface area contributed by atoms with E-state index in [4.69, 9.17) is 52.1 Å². The minimum atomic E-state index is -1.21. The van der Waals surface area contributed by atoms with Crippen LogP contribution in [0, 0.1) is 0 Å². The van der Waals surface area contributed by atoms with E-state index in [-0.39, 0.29) is 49.2 Å². The predicted octanol–water partition coefficient (Wildman–Crippen LogP) is 2.75. The molecular weight excluding hydrogens is 608 g/mol. The molecule has 0 saturated heterocycles. The van der Waals surface area contributed by atoms with Crippen LogP contribution >= 0.6 is 0 Å². The van der Waals surface area contributed by atoms with Gasteiger partial charge in [0.25, 0.3) is 0 Å². The van der Waals surface area contributed by atoms with Gasteiger partial charge in [0.2, 0.25) is 5.75 Å². The number of hydrogen-bond acceptors (Lipinski definition) is 13. The first kappa shape index (κ1) is 38.8. The highest BCUT2D eigenvalue weighted by Crippen LogP contribution is 2.39. The van der Waals surface area contributed by atoms with Crippen LogP contribution in [-0.2, 0) is 37.9 Å². The van der Waals surface area contributed by atoms with Gasteiger partial charge in [-0.05, 0) is 24.3 Å². The summed E-state index contributed by atoms with van der Waals surface area (Å²) in [4.78, 5) is 24.8. The van der Waals surface area contributed by atoms with Crippen molar-refractivity contribution in [2.75, 3.05) is 120 Å². The standard InChI is InChI=1S/C32H46O14/c1-36-8-10-38-12-14-40-16-18-42-20-22-44-28-24-27(31(33)34)25-29(30(28)46-32(35)26-6-4-3-5-7-26)45-23-21-43-19-17-41-15-13-39-11-9-37-2/h3-7,24-25H,8-23H2,1-2H3,(H,33,34). The van der Waals surface area contributed by atoms with E-state index in [1.807, 2.05) is 0 Å². The highest BCUT2D eigenvalue weighted by Gasteiger charge is 2.22. The third kappa shape index (κ3) is 17.4. The van der Waals surface area contributed by atoms with Crippen LogP contribution in [0.25, 0.3) is 0 Å². The fourth-order valence-electron chi connectivity index (χ4n) is 3.53. The molecule has 0 heterocycles. The van der Waals surface area contributed by atoms with Crippen molar-refractivity contribution in [2.24, 2.45) is 0 Å². The number of carbonyl (C=O) groups is 2. The van der Waals surface area contributed by atoms with Gasteiger partial charge < -0.3 is 57.2 Å². The molecule has 1 N–H and O–H groups in total. The van der Waals surface area contributed by atoms with Crippen molar-refractivity contribution in [3.05, 3.63) is 53.6 Å². The van der Waals surface area contributed by atoms with Gasteiger partial charge in [-0.25, -0.2) is 9.59 Å². The van der Waals surface area contributed by atoms with E-state index in [1.165, 1.54) is 12.1 Å². The fraction of sp³-hybridized carbons (Fsp3) is 0.562. The van der Waals surface area contributed by atoms with Crippen molar-refractivity contribution < 1.29 is 66.8 Å². The summed E-state index contributed by atoms with van der Waals surface area (Å²) in [5.74, 6) is -1.93. The second-order valence-electron chi connectivity index (χ2n) is 9.22. The van der Waals surface area contributed by atoms with Crippen LogP contribution in [0.15, 0.2) is 42.5 Å². The van der Waals surface area contributed by atoms with Crippen molar-refractivity contribution >= 4 is 11.9 Å². The van der Waals surface area contributed by atoms with Crippen LogP contribution in [0.4, 0.5) is 0 Å². The molecule has 0 aliphatic rings. The smallest absolute Gasteiger partial charge is 0.343 e. The third-order valence-corrected chi connectivity index (χ3v) is 5.79. The number of hydrogen-bond donors (Lipinski definition) is 1. The molecular formula is C32H46O14. The quantitative estimate of drug-likeness (QED) is 0.0776. The fourth-order valence-corrected chi connectivity index (χ4v) is 3.53. The molecule has 0 atom stereocenters. The molecule has 0 amide bonds. The number of ether oxygens (including phenoxy) is 11. The summed E-state index contributed by atoms with van der Waals surface area (Å²) >= 11 is 0. The zero-order valence-electron chi connectivity index (χ0n) is 26.6. The summed E-state index contributed by atoms with van der Waals surface area (Å²) in [5.41, 5.74) is 0.176. The molecule has 0 aromatic heterocycles. The Morgan fingerprint density at radius 3 is 1.26 bits per heavy atom. The van der Waals surface area contributed by atoms with Crippen molar-refractivity contribution in [3.63, 3.8) is 0 Å². The van der Waals surface area contributed by atoms with Gasteiger partial charge in [0.15, 0.2) is 11.5 Å². The molecule has 14 heteroatoms. The Balaban J connectivity index is 1.91. The Morgan fingerprint density at radius 1 is 0.522 bits per heavy atom. The number of esters is 1. The summed E-state index contributed by atoms with van der Waals surface area (Å²) < 4.78 is 59.7. The maximum Gasteiger partial charge on any atom is 0.343 e. The summed E-state index contributed by atoms with van der Waals surface area (Å²) in [5, 5.41) is 9.70. The Morgan fingerprint density at radius 2 is 0.891 bits per heavy atom. The molecule has 0 unspecified atom stereocenters. The van der Waals surface area contributed by atoms with Gasteiger partial charge in [-0.2, -0.15) is 0 Å². The Labute approximate surface area is 269 Å². The van der Waals surface area contributed by atoms with E-state index >= 15 is 0 Å². The first-order chi connectivity index (χ1) is 22.6. The monoisotopic (exact) mass is 654 g/mol. The van der Waals surface area contributed by atoms with E-state index < -0.39 is 11.9 Å². The van der Waals surface area contributed by atoms with E-state index in [0.717, 1.165) is 0 Å². The van der Waals surface area contributed by atoms with Crippen LogP contribution in [0.2, 0.25) is 0 Å². The van der Waals surface area contributed by atoms with Crippen molar-refractivity contribution in [2.45, 2.75) is 0 Å². The van der Waals surface area contributed by atoms with Gasteiger partial charge in [0.1, 0.15) is 13.2 Å². The molecule has 0 aliphatic heterocycles. The number of carbonyl (C=O) groups excluding carboxylic acids is 1. The Kier molecular flexibility index (Phi) is 21.8. The van der Waals surface area contributed by atoms with Gasteiger partial charge in [-0.3, -0.25) is 0 Å². The number of aromatic carboxylic acids is 1. The largest absolute Gasteiger partial charge is 0.487 e. The second kappa shape index (κ2) is 25.8. The number of benzene rings is 2. The number of methoxy groups -OCH3 is 2. The van der Waals surface area contributed by atoms with Crippen molar-refractivity contribution in [1.29, 1.82) is 0 Å². The van der Waals surface area contributed by atoms with E-state index in [1.54, 1.807) is 44.6 Å². The van der Waals surface area contributed by atoms with Crippen LogP contribution in [0.1, 0.15) is 20.7 Å². The molecule has 2 rings (SSSR count). The molecule has 0 bridgehead atoms. The van der Waals surface area contributed by atoms with Gasteiger partial charge in [-0.15, -0.1) is 0 Å². The molecule has 0 aliphatic carbocycles. The van der Waals surface area contributed by atoms with Gasteiger partial charge in [0, 0.05) is 14.2 Å². The number of carboxylic acids is 1. The SMILES string of the molecule is COCCOCCOCCOCCOc1cc(C(=O)O)cc(OCCOCCOCCOCCOC)c1OC(=O)c1ccccc1. The summed E-state index contributed by atoms with van der Waals surface area (Å²) in [7, 11) is 3.21. The van der Waals surface area contributed by atoms with Crippen LogP contribution < -0.4 is 14.2 Å². The maximum absolute atomic E-state index is 12.9. The average Bonchev–Trinajstić information content (AvgIpc) is 3.06. The van der Waals surface area contributed by atoms with Crippen LogP contribution in [0.5, 0.6) is 17.2 Å². The normalized spacial score (nSPS) is 11.0. The lowest BCUT2D eigenvalue weighted by Gasteiger charge is -2.17. The van der Waals surface area contributed by atoms with Crippen LogP contribution in [0.3, 0.4) is 0 Å². The van der Waals surface area contributed by atoms with Crippen molar-refractivity contribution in [3.8, 4) is 17.2 Å². The van der Waals surface area contributed by atoms with E-state index in [9.17, 15) is 14.7 Å². The maximum atomic E-state index is 12.9. The average molecular weight is 655 g/mol. The Hall–Kier alpha value is -3.34. The van der Waals surface area contributed by atoms with E-state index in [0.29, 0.717) is 84.8 Å². The highest BCUT2D eigenvalue weighted by atomic mass is 16.6. The molecule has 2 aromatic rings. The molecule has 0 radical (unpaired) electrons. The molecule has 0 saturated carbocycles. The molecule has 0 spiro atoms. The zero-order chi connectivity index (χ0) is 33.1. The summed E-state index contributed by atoms with van der Waals surface area (Å²) in [6, 6.07) is 10.9. The van der Waals surface area contributed by atoms with Crippen LogP contribution in [-0.4, -0.2) is 137 Å². The second-order valence-corrected chi connectivity index (χ2v) is 9.22. The zero-order valence-corrected chi connectivity index (χ0v) is 26.6. The van der Waals surface area contributed by atoms with Gasteiger partial charge in [0.05, 0.1) is 104 Å². The third-order valence-electron chi connectivity index (χ3n) is 5.79. The van der Waals surface area contributed by atoms with E-state index in [2.05, 4.69) is 0 Å².